The van der Waals surface area contributed by atoms with E-state index >= 15 is 0 Å². The van der Waals surface area contributed by atoms with Crippen molar-refractivity contribution in [1.82, 2.24) is 0 Å². The molecular formula is C13H11F3N2S. The molecule has 6 heteroatoms. The Kier molecular flexibility index (Phi) is 4.21. The lowest BCUT2D eigenvalue weighted by molar-refractivity contribution is 0.252. The zero-order valence-corrected chi connectivity index (χ0v) is 10.6. The van der Waals surface area contributed by atoms with E-state index in [1.807, 2.05) is 0 Å². The SMILES string of the molecule is Nc1ccc(F)cc1Nc1ccccc1SC(F)F. The molecule has 0 unspecified atom stereocenters. The van der Waals surface area contributed by atoms with Gasteiger partial charge in [0.05, 0.1) is 17.1 Å². The topological polar surface area (TPSA) is 38.0 Å². The van der Waals surface area contributed by atoms with Crippen molar-refractivity contribution in [1.29, 1.82) is 0 Å². The van der Waals surface area contributed by atoms with Crippen LogP contribution in [0.5, 0.6) is 0 Å². The monoisotopic (exact) mass is 284 g/mol. The van der Waals surface area contributed by atoms with Crippen molar-refractivity contribution in [3.63, 3.8) is 0 Å². The summed E-state index contributed by atoms with van der Waals surface area (Å²) < 4.78 is 38.0. The number of para-hydroxylation sites is 1. The maximum Gasteiger partial charge on any atom is 0.288 e. The highest BCUT2D eigenvalue weighted by Crippen LogP contribution is 2.34. The van der Waals surface area contributed by atoms with E-state index in [4.69, 9.17) is 5.73 Å². The second-order valence-electron chi connectivity index (χ2n) is 3.73. The average molecular weight is 284 g/mol. The molecule has 0 saturated heterocycles. The standard InChI is InChI=1S/C13H11F3N2S/c14-8-5-6-9(17)11(7-8)18-10-3-1-2-4-12(10)19-13(15)16/h1-7,13,18H,17H2. The molecule has 0 fully saturated rings. The first-order valence-corrected chi connectivity index (χ1v) is 6.30. The van der Waals surface area contributed by atoms with Gasteiger partial charge in [0.2, 0.25) is 0 Å². The highest BCUT2D eigenvalue weighted by Gasteiger charge is 2.10. The van der Waals surface area contributed by atoms with Gasteiger partial charge >= 0.3 is 0 Å². The van der Waals surface area contributed by atoms with Crippen LogP contribution in [0, 0.1) is 5.82 Å². The Hall–Kier alpha value is -1.82. The highest BCUT2D eigenvalue weighted by molar-refractivity contribution is 7.99. The van der Waals surface area contributed by atoms with Gasteiger partial charge in [0, 0.05) is 4.90 Å². The Labute approximate surface area is 112 Å². The molecule has 2 aromatic carbocycles. The summed E-state index contributed by atoms with van der Waals surface area (Å²) in [5.41, 5.74) is 6.86. The molecule has 0 heterocycles. The zero-order valence-electron chi connectivity index (χ0n) is 9.74. The number of thioether (sulfide) groups is 1. The second-order valence-corrected chi connectivity index (χ2v) is 4.76. The number of anilines is 3. The van der Waals surface area contributed by atoms with Crippen LogP contribution < -0.4 is 11.1 Å². The summed E-state index contributed by atoms with van der Waals surface area (Å²) in [4.78, 5) is 0.376. The first-order valence-electron chi connectivity index (χ1n) is 5.42. The largest absolute Gasteiger partial charge is 0.397 e. The van der Waals surface area contributed by atoms with E-state index in [0.717, 1.165) is 0 Å². The molecule has 2 aromatic rings. The van der Waals surface area contributed by atoms with Crippen molar-refractivity contribution < 1.29 is 13.2 Å². The summed E-state index contributed by atoms with van der Waals surface area (Å²) in [5.74, 6) is -2.97. The molecule has 2 nitrogen and oxygen atoms in total. The molecular weight excluding hydrogens is 273 g/mol. The third-order valence-electron chi connectivity index (χ3n) is 2.39. The summed E-state index contributed by atoms with van der Waals surface area (Å²) in [6.45, 7) is 0. The number of halogens is 3. The lowest BCUT2D eigenvalue weighted by Gasteiger charge is -2.13. The van der Waals surface area contributed by atoms with E-state index < -0.39 is 11.6 Å². The van der Waals surface area contributed by atoms with Crippen molar-refractivity contribution in [2.24, 2.45) is 0 Å². The third-order valence-corrected chi connectivity index (χ3v) is 3.18. The van der Waals surface area contributed by atoms with Gasteiger partial charge in [0.1, 0.15) is 5.82 Å². The van der Waals surface area contributed by atoms with Crippen LogP contribution in [0.4, 0.5) is 30.2 Å². The Morgan fingerprint density at radius 2 is 1.79 bits per heavy atom. The maximum absolute atomic E-state index is 13.1. The van der Waals surface area contributed by atoms with Gasteiger partial charge in [-0.05, 0) is 30.3 Å². The molecule has 3 N–H and O–H groups in total. The number of nitrogens with two attached hydrogens (primary N) is 1. The van der Waals surface area contributed by atoms with Crippen LogP contribution in [-0.4, -0.2) is 5.76 Å². The van der Waals surface area contributed by atoms with Gasteiger partial charge in [-0.1, -0.05) is 23.9 Å². The van der Waals surface area contributed by atoms with Gasteiger partial charge in [-0.3, -0.25) is 0 Å². The molecule has 0 aliphatic heterocycles. The fraction of sp³-hybridized carbons (Fsp3) is 0.0769. The average Bonchev–Trinajstić information content (AvgIpc) is 2.35. The minimum Gasteiger partial charge on any atom is -0.397 e. The summed E-state index contributed by atoms with van der Waals surface area (Å²) >= 11 is 0.424. The molecule has 0 bridgehead atoms. The van der Waals surface area contributed by atoms with Crippen LogP contribution in [0.25, 0.3) is 0 Å². The number of nitrogens with one attached hydrogen (secondary N) is 1. The summed E-state index contributed by atoms with van der Waals surface area (Å²) in [7, 11) is 0. The van der Waals surface area contributed by atoms with E-state index in [1.54, 1.807) is 24.3 Å². The van der Waals surface area contributed by atoms with Gasteiger partial charge in [-0.25, -0.2) is 4.39 Å². The van der Waals surface area contributed by atoms with Gasteiger partial charge < -0.3 is 11.1 Å². The molecule has 0 amide bonds. The molecule has 19 heavy (non-hydrogen) atoms. The predicted molar refractivity (Wildman–Crippen MR) is 72.4 cm³/mol. The Morgan fingerprint density at radius 3 is 2.53 bits per heavy atom. The predicted octanol–water partition coefficient (Wildman–Crippen LogP) is 4.47. The maximum atomic E-state index is 13.1. The molecule has 0 atom stereocenters. The lowest BCUT2D eigenvalue weighted by atomic mass is 10.2. The van der Waals surface area contributed by atoms with Gasteiger partial charge in [-0.2, -0.15) is 8.78 Å². The minimum atomic E-state index is -2.52. The molecule has 0 aliphatic carbocycles. The number of hydrogen-bond donors (Lipinski definition) is 2. The number of nitrogen functional groups attached to an aromatic ring is 1. The smallest absolute Gasteiger partial charge is 0.288 e. The molecule has 2 rings (SSSR count). The zero-order chi connectivity index (χ0) is 13.8. The molecule has 0 spiro atoms. The van der Waals surface area contributed by atoms with E-state index in [2.05, 4.69) is 5.32 Å². The lowest BCUT2D eigenvalue weighted by Crippen LogP contribution is -1.98. The second kappa shape index (κ2) is 5.88. The van der Waals surface area contributed by atoms with Crippen LogP contribution in [0.1, 0.15) is 0 Å². The van der Waals surface area contributed by atoms with Gasteiger partial charge in [0.25, 0.3) is 5.76 Å². The Balaban J connectivity index is 2.30. The molecule has 0 radical (unpaired) electrons. The Bertz CT molecular complexity index is 576. The van der Waals surface area contributed by atoms with Gasteiger partial charge in [0.15, 0.2) is 0 Å². The van der Waals surface area contributed by atoms with E-state index in [0.29, 0.717) is 33.7 Å². The Morgan fingerprint density at radius 1 is 1.05 bits per heavy atom. The highest BCUT2D eigenvalue weighted by atomic mass is 32.2. The normalized spacial score (nSPS) is 10.7. The minimum absolute atomic E-state index is 0.346. The molecule has 100 valence electrons. The first-order chi connectivity index (χ1) is 9.06. The van der Waals surface area contributed by atoms with Crippen molar-refractivity contribution in [3.8, 4) is 0 Å². The fourth-order valence-corrected chi connectivity index (χ4v) is 2.15. The van der Waals surface area contributed by atoms with E-state index in [9.17, 15) is 13.2 Å². The molecule has 0 aliphatic rings. The number of rotatable bonds is 4. The summed E-state index contributed by atoms with van der Waals surface area (Å²) in [5, 5.41) is 2.87. The van der Waals surface area contributed by atoms with Crippen LogP contribution in [-0.2, 0) is 0 Å². The molecule has 0 saturated carbocycles. The quantitative estimate of drug-likeness (QED) is 0.642. The van der Waals surface area contributed by atoms with Crippen molar-refractivity contribution >= 4 is 28.8 Å². The van der Waals surface area contributed by atoms with E-state index in [-0.39, 0.29) is 0 Å². The number of hydrogen-bond acceptors (Lipinski definition) is 3. The number of alkyl halides is 2. The first kappa shape index (κ1) is 13.6. The third kappa shape index (κ3) is 3.57. The van der Waals surface area contributed by atoms with Crippen molar-refractivity contribution in [2.75, 3.05) is 11.1 Å². The number of benzene rings is 2. The van der Waals surface area contributed by atoms with Crippen LogP contribution in [0.3, 0.4) is 0 Å². The van der Waals surface area contributed by atoms with Crippen LogP contribution >= 0.6 is 11.8 Å². The fourth-order valence-electron chi connectivity index (χ4n) is 1.55. The van der Waals surface area contributed by atoms with Crippen molar-refractivity contribution in [2.45, 2.75) is 10.7 Å². The van der Waals surface area contributed by atoms with Crippen LogP contribution in [0.15, 0.2) is 47.4 Å². The summed E-state index contributed by atoms with van der Waals surface area (Å²) in [6, 6.07) is 10.4. The molecule has 0 aromatic heterocycles. The van der Waals surface area contributed by atoms with Gasteiger partial charge in [-0.15, -0.1) is 0 Å². The van der Waals surface area contributed by atoms with Crippen molar-refractivity contribution in [3.05, 3.63) is 48.3 Å². The van der Waals surface area contributed by atoms with E-state index in [1.165, 1.54) is 18.2 Å². The van der Waals surface area contributed by atoms with Crippen LogP contribution in [0.2, 0.25) is 0 Å². The summed E-state index contributed by atoms with van der Waals surface area (Å²) in [6.07, 6.45) is 0.